The molecule has 34 heavy (non-hydrogen) atoms. The van der Waals surface area contributed by atoms with Crippen LogP contribution in [-0.4, -0.2) is 44.2 Å². The highest BCUT2D eigenvalue weighted by molar-refractivity contribution is 5.98. The summed E-state index contributed by atoms with van der Waals surface area (Å²) in [5.74, 6) is -0.757. The van der Waals surface area contributed by atoms with E-state index in [1.54, 1.807) is 16.8 Å². The van der Waals surface area contributed by atoms with Crippen LogP contribution in [0.4, 0.5) is 4.79 Å². The van der Waals surface area contributed by atoms with Crippen LogP contribution < -0.4 is 16.3 Å². The number of carbonyl (C=O) groups is 3. The second-order valence-electron chi connectivity index (χ2n) is 9.67. The van der Waals surface area contributed by atoms with Gasteiger partial charge in [-0.05, 0) is 58.6 Å². The summed E-state index contributed by atoms with van der Waals surface area (Å²) in [6.07, 6.45) is 6.98. The Morgan fingerprint density at radius 3 is 2.68 bits per heavy atom. The van der Waals surface area contributed by atoms with Crippen molar-refractivity contribution in [1.82, 2.24) is 24.8 Å². The van der Waals surface area contributed by atoms with Crippen molar-refractivity contribution in [2.24, 2.45) is 0 Å². The Morgan fingerprint density at radius 2 is 1.91 bits per heavy atom. The molecule has 0 radical (unpaired) electrons. The molecule has 1 atom stereocenters. The topological polar surface area (TPSA) is 124 Å². The molecule has 1 saturated heterocycles. The number of aromatic nitrogens is 3. The fourth-order valence-corrected chi connectivity index (χ4v) is 4.15. The number of imidazole rings is 1. The smallest absolute Gasteiger partial charge is 0.407 e. The Kier molecular flexibility index (Phi) is 8.46. The molecule has 0 bridgehead atoms. The van der Waals surface area contributed by atoms with Gasteiger partial charge in [-0.3, -0.25) is 24.0 Å². The molecular weight excluding hydrogens is 438 g/mol. The zero-order valence-corrected chi connectivity index (χ0v) is 20.3. The third-order valence-corrected chi connectivity index (χ3v) is 5.71. The lowest BCUT2D eigenvalue weighted by atomic mass is 10.1. The first-order valence-corrected chi connectivity index (χ1v) is 12.0. The van der Waals surface area contributed by atoms with Crippen LogP contribution in [0.3, 0.4) is 0 Å². The van der Waals surface area contributed by atoms with Gasteiger partial charge in [0.15, 0.2) is 5.65 Å². The maximum atomic E-state index is 13.3. The van der Waals surface area contributed by atoms with Crippen molar-refractivity contribution in [3.8, 4) is 0 Å². The molecule has 10 nitrogen and oxygen atoms in total. The van der Waals surface area contributed by atoms with E-state index >= 15 is 0 Å². The van der Waals surface area contributed by atoms with Gasteiger partial charge in [-0.1, -0.05) is 19.3 Å². The van der Waals surface area contributed by atoms with E-state index in [1.165, 1.54) is 4.57 Å². The third-order valence-electron chi connectivity index (χ3n) is 5.71. The van der Waals surface area contributed by atoms with E-state index in [1.807, 2.05) is 26.8 Å². The predicted octanol–water partition coefficient (Wildman–Crippen LogP) is 3.04. The Hall–Kier alpha value is -3.17. The molecule has 186 valence electrons. The number of hydrogen-bond donors (Lipinski definition) is 2. The van der Waals surface area contributed by atoms with Crippen molar-refractivity contribution in [3.63, 3.8) is 0 Å². The number of imide groups is 1. The molecule has 1 fully saturated rings. The van der Waals surface area contributed by atoms with E-state index in [9.17, 15) is 19.2 Å². The average Bonchev–Trinajstić information content (AvgIpc) is 2.91. The first-order valence-electron chi connectivity index (χ1n) is 12.0. The zero-order valence-electron chi connectivity index (χ0n) is 20.3. The molecular formula is C24H35N5O5. The lowest BCUT2D eigenvalue weighted by Crippen LogP contribution is -2.38. The highest BCUT2D eigenvalue weighted by Crippen LogP contribution is 2.22. The summed E-state index contributed by atoms with van der Waals surface area (Å²) in [6.45, 7) is 6.59. The van der Waals surface area contributed by atoms with Gasteiger partial charge in [0.05, 0.1) is 5.52 Å². The molecule has 3 rings (SSSR count). The second kappa shape index (κ2) is 11.3. The molecule has 0 spiro atoms. The molecule has 3 heterocycles. The van der Waals surface area contributed by atoms with Crippen molar-refractivity contribution >= 4 is 29.1 Å². The lowest BCUT2D eigenvalue weighted by Gasteiger charge is -2.19. The van der Waals surface area contributed by atoms with Crippen LogP contribution in [0.2, 0.25) is 0 Å². The van der Waals surface area contributed by atoms with Gasteiger partial charge >= 0.3 is 11.8 Å². The molecule has 1 unspecified atom stereocenters. The quantitative estimate of drug-likeness (QED) is 0.426. The SMILES string of the molecule is CC(C)(C)OC(=O)NCCCCCCCn1c(=O)n(C2CCCC(=O)NC2=O)c2ncccc21. The van der Waals surface area contributed by atoms with Gasteiger partial charge < -0.3 is 10.1 Å². The number of aryl methyl sites for hydroxylation is 1. The first kappa shape index (κ1) is 25.5. The molecule has 0 aliphatic carbocycles. The summed E-state index contributed by atoms with van der Waals surface area (Å²) in [5, 5.41) is 5.14. The van der Waals surface area contributed by atoms with Crippen molar-refractivity contribution in [2.75, 3.05) is 6.54 Å². The average molecular weight is 474 g/mol. The van der Waals surface area contributed by atoms with Gasteiger partial charge in [-0.15, -0.1) is 0 Å². The summed E-state index contributed by atoms with van der Waals surface area (Å²) >= 11 is 0. The Balaban J connectivity index is 1.53. The van der Waals surface area contributed by atoms with Crippen molar-refractivity contribution in [2.45, 2.75) is 90.3 Å². The van der Waals surface area contributed by atoms with Gasteiger partial charge in [0.2, 0.25) is 11.8 Å². The third kappa shape index (κ3) is 6.68. The molecule has 1 aliphatic heterocycles. The molecule has 0 saturated carbocycles. The number of alkyl carbamates (subject to hydrolysis) is 1. The first-order chi connectivity index (χ1) is 16.2. The number of rotatable bonds is 9. The minimum atomic E-state index is -0.741. The number of fused-ring (bicyclic) bond motifs is 1. The van der Waals surface area contributed by atoms with E-state index in [2.05, 4.69) is 15.6 Å². The minimum absolute atomic E-state index is 0.273. The fourth-order valence-electron chi connectivity index (χ4n) is 4.15. The van der Waals surface area contributed by atoms with E-state index in [4.69, 9.17) is 4.74 Å². The zero-order chi connectivity index (χ0) is 24.7. The Labute approximate surface area is 199 Å². The van der Waals surface area contributed by atoms with Gasteiger partial charge in [-0.2, -0.15) is 0 Å². The maximum Gasteiger partial charge on any atom is 0.407 e. The number of carbonyl (C=O) groups excluding carboxylic acids is 3. The summed E-state index contributed by atoms with van der Waals surface area (Å²) in [4.78, 5) is 53.6. The Morgan fingerprint density at radius 1 is 1.18 bits per heavy atom. The van der Waals surface area contributed by atoms with Crippen LogP contribution >= 0.6 is 0 Å². The van der Waals surface area contributed by atoms with E-state index in [0.717, 1.165) is 32.1 Å². The maximum absolute atomic E-state index is 13.3. The molecule has 3 amide bonds. The summed E-state index contributed by atoms with van der Waals surface area (Å²) < 4.78 is 8.32. The largest absolute Gasteiger partial charge is 0.444 e. The standard InChI is InChI=1S/C24H35N5O5/c1-24(2,3)34-22(32)26-14-7-5-4-6-8-16-28-17-12-10-15-25-20(17)29(23(28)33)18-11-9-13-19(30)27-21(18)31/h10,12,15,18H,4-9,11,13-14,16H2,1-3H3,(H,26,32)(H,27,30,31). The number of nitrogens with zero attached hydrogens (tertiary/aromatic N) is 3. The predicted molar refractivity (Wildman–Crippen MR) is 127 cm³/mol. The molecule has 2 aromatic heterocycles. The Bertz CT molecular complexity index is 1080. The van der Waals surface area contributed by atoms with Gasteiger partial charge in [-0.25, -0.2) is 14.6 Å². The van der Waals surface area contributed by atoms with Gasteiger partial charge in [0.25, 0.3) is 0 Å². The van der Waals surface area contributed by atoms with Crippen LogP contribution in [-0.2, 0) is 20.9 Å². The van der Waals surface area contributed by atoms with Crippen molar-refractivity contribution in [3.05, 3.63) is 28.8 Å². The van der Waals surface area contributed by atoms with Crippen LogP contribution in [0.5, 0.6) is 0 Å². The molecule has 0 aromatic carbocycles. The minimum Gasteiger partial charge on any atom is -0.444 e. The second-order valence-corrected chi connectivity index (χ2v) is 9.67. The summed E-state index contributed by atoms with van der Waals surface area (Å²) in [5.41, 5.74) is 0.385. The molecule has 2 aromatic rings. The monoisotopic (exact) mass is 473 g/mol. The highest BCUT2D eigenvalue weighted by atomic mass is 16.6. The fraction of sp³-hybridized carbons (Fsp3) is 0.625. The molecule has 10 heteroatoms. The number of unbranched alkanes of at least 4 members (excludes halogenated alkanes) is 4. The number of pyridine rings is 1. The van der Waals surface area contributed by atoms with Crippen LogP contribution in [0.15, 0.2) is 23.1 Å². The summed E-state index contributed by atoms with van der Waals surface area (Å²) in [6, 6.07) is 2.87. The van der Waals surface area contributed by atoms with E-state index < -0.39 is 23.6 Å². The van der Waals surface area contributed by atoms with Gasteiger partial charge in [0.1, 0.15) is 11.6 Å². The van der Waals surface area contributed by atoms with E-state index in [-0.39, 0.29) is 18.0 Å². The lowest BCUT2D eigenvalue weighted by molar-refractivity contribution is -0.131. The van der Waals surface area contributed by atoms with E-state index in [0.29, 0.717) is 37.1 Å². The van der Waals surface area contributed by atoms with Crippen molar-refractivity contribution in [1.29, 1.82) is 0 Å². The number of nitrogens with one attached hydrogen (secondary N) is 2. The van der Waals surface area contributed by atoms with Crippen LogP contribution in [0, 0.1) is 0 Å². The van der Waals surface area contributed by atoms with Crippen LogP contribution in [0.1, 0.15) is 78.2 Å². The molecule has 2 N–H and O–H groups in total. The number of amides is 3. The molecule has 1 aliphatic rings. The van der Waals surface area contributed by atoms with Gasteiger partial charge in [0, 0.05) is 25.7 Å². The van der Waals surface area contributed by atoms with Crippen LogP contribution in [0.25, 0.3) is 11.2 Å². The number of hydrogen-bond acceptors (Lipinski definition) is 6. The highest BCUT2D eigenvalue weighted by Gasteiger charge is 2.30. The summed E-state index contributed by atoms with van der Waals surface area (Å²) in [7, 11) is 0. The normalized spacial score (nSPS) is 16.9. The number of ether oxygens (including phenoxy) is 1. The van der Waals surface area contributed by atoms with Crippen molar-refractivity contribution < 1.29 is 19.1 Å².